The third-order valence-electron chi connectivity index (χ3n) is 2.45. The van der Waals surface area contributed by atoms with Crippen molar-refractivity contribution in [3.8, 4) is 6.07 Å². The van der Waals surface area contributed by atoms with Gasteiger partial charge in [0, 0.05) is 22.2 Å². The van der Waals surface area contributed by atoms with E-state index in [1.54, 1.807) is 4.90 Å². The highest BCUT2D eigenvalue weighted by molar-refractivity contribution is 14.1. The maximum absolute atomic E-state index is 11.6. The van der Waals surface area contributed by atoms with Crippen LogP contribution in [0.15, 0.2) is 24.3 Å². The van der Waals surface area contributed by atoms with Gasteiger partial charge in [-0.1, -0.05) is 0 Å². The normalized spacial score (nSPS) is 20.4. The van der Waals surface area contributed by atoms with Crippen LogP contribution in [0.5, 0.6) is 0 Å². The zero-order valence-corrected chi connectivity index (χ0v) is 10.1. The molecular formula is C11H9IN2O. The van der Waals surface area contributed by atoms with Crippen LogP contribution in [-0.2, 0) is 4.79 Å². The van der Waals surface area contributed by atoms with Crippen LogP contribution in [0.2, 0.25) is 0 Å². The molecule has 0 bridgehead atoms. The Bertz CT molecular complexity index is 421. The lowest BCUT2D eigenvalue weighted by molar-refractivity contribution is -0.117. The van der Waals surface area contributed by atoms with Gasteiger partial charge in [0.15, 0.2) is 0 Å². The summed E-state index contributed by atoms with van der Waals surface area (Å²) in [5, 5.41) is 8.76. The number of hydrogen-bond acceptors (Lipinski definition) is 2. The summed E-state index contributed by atoms with van der Waals surface area (Å²) in [7, 11) is 0. The maximum Gasteiger partial charge on any atom is 0.228 e. The second-order valence-corrected chi connectivity index (χ2v) is 4.76. The van der Waals surface area contributed by atoms with Gasteiger partial charge >= 0.3 is 0 Å². The predicted molar refractivity (Wildman–Crippen MR) is 65.2 cm³/mol. The third-order valence-corrected chi connectivity index (χ3v) is 3.17. The molecule has 1 heterocycles. The minimum atomic E-state index is -0.156. The smallest absolute Gasteiger partial charge is 0.228 e. The van der Waals surface area contributed by atoms with Crippen LogP contribution >= 0.6 is 22.6 Å². The summed E-state index contributed by atoms with van der Waals surface area (Å²) in [5.41, 5.74) is 0.887. The molecule has 1 aromatic rings. The lowest BCUT2D eigenvalue weighted by atomic mass is 10.1. The number of carbonyl (C=O) groups is 1. The van der Waals surface area contributed by atoms with E-state index in [0.29, 0.717) is 13.0 Å². The number of benzene rings is 1. The second kappa shape index (κ2) is 4.19. The minimum Gasteiger partial charge on any atom is -0.311 e. The quantitative estimate of drug-likeness (QED) is 0.746. The molecule has 0 saturated carbocycles. The van der Waals surface area contributed by atoms with E-state index in [2.05, 4.69) is 28.7 Å². The summed E-state index contributed by atoms with van der Waals surface area (Å²) in [5.74, 6) is -0.112. The Balaban J connectivity index is 2.22. The summed E-state index contributed by atoms with van der Waals surface area (Å²) in [6.45, 7) is 0.524. The van der Waals surface area contributed by atoms with Crippen LogP contribution < -0.4 is 4.90 Å². The van der Waals surface area contributed by atoms with E-state index in [1.165, 1.54) is 0 Å². The summed E-state index contributed by atoms with van der Waals surface area (Å²) in [4.78, 5) is 13.3. The summed E-state index contributed by atoms with van der Waals surface area (Å²) >= 11 is 2.22. The lowest BCUT2D eigenvalue weighted by Gasteiger charge is -2.15. The number of anilines is 1. The van der Waals surface area contributed by atoms with E-state index in [0.717, 1.165) is 9.26 Å². The SMILES string of the molecule is N#CC1CC(=O)N(c2ccc(I)cc2)C1. The van der Waals surface area contributed by atoms with Crippen LogP contribution in [0.1, 0.15) is 6.42 Å². The maximum atomic E-state index is 11.6. The van der Waals surface area contributed by atoms with E-state index in [-0.39, 0.29) is 11.8 Å². The molecule has 0 N–H and O–H groups in total. The Labute approximate surface area is 102 Å². The Hall–Kier alpha value is -1.09. The molecule has 1 unspecified atom stereocenters. The molecule has 1 fully saturated rings. The van der Waals surface area contributed by atoms with Crippen molar-refractivity contribution in [3.05, 3.63) is 27.8 Å². The first kappa shape index (κ1) is 10.4. The van der Waals surface area contributed by atoms with Gasteiger partial charge in [0.25, 0.3) is 0 Å². The van der Waals surface area contributed by atoms with Gasteiger partial charge in [0.05, 0.1) is 12.0 Å². The number of hydrogen-bond donors (Lipinski definition) is 0. The number of halogens is 1. The first-order valence-corrected chi connectivity index (χ1v) is 5.74. The van der Waals surface area contributed by atoms with Crippen LogP contribution in [-0.4, -0.2) is 12.5 Å². The van der Waals surface area contributed by atoms with Gasteiger partial charge in [0.1, 0.15) is 0 Å². The van der Waals surface area contributed by atoms with Crippen molar-refractivity contribution in [2.75, 3.05) is 11.4 Å². The zero-order valence-electron chi connectivity index (χ0n) is 7.98. The van der Waals surface area contributed by atoms with Crippen molar-refractivity contribution in [1.82, 2.24) is 0 Å². The van der Waals surface area contributed by atoms with Gasteiger partial charge in [-0.2, -0.15) is 5.26 Å². The number of rotatable bonds is 1. The van der Waals surface area contributed by atoms with Crippen LogP contribution in [0.4, 0.5) is 5.69 Å². The molecule has 0 aliphatic carbocycles. The highest BCUT2D eigenvalue weighted by atomic mass is 127. The number of amides is 1. The van der Waals surface area contributed by atoms with Gasteiger partial charge < -0.3 is 4.90 Å². The van der Waals surface area contributed by atoms with Gasteiger partial charge in [-0.25, -0.2) is 0 Å². The molecule has 15 heavy (non-hydrogen) atoms. The van der Waals surface area contributed by atoms with Crippen LogP contribution in [0, 0.1) is 20.8 Å². The van der Waals surface area contributed by atoms with E-state index in [1.807, 2.05) is 24.3 Å². The fourth-order valence-electron chi connectivity index (χ4n) is 1.66. The Morgan fingerprint density at radius 2 is 2.07 bits per heavy atom. The largest absolute Gasteiger partial charge is 0.311 e. The van der Waals surface area contributed by atoms with Crippen molar-refractivity contribution in [2.24, 2.45) is 5.92 Å². The molecule has 0 aromatic heterocycles. The Morgan fingerprint density at radius 3 is 2.60 bits per heavy atom. The second-order valence-electron chi connectivity index (χ2n) is 3.51. The summed E-state index contributed by atoms with van der Waals surface area (Å²) < 4.78 is 1.14. The first-order valence-electron chi connectivity index (χ1n) is 4.66. The standard InChI is InChI=1S/C11H9IN2O/c12-9-1-3-10(4-2-9)14-7-8(6-13)5-11(14)15/h1-4,8H,5,7H2. The van der Waals surface area contributed by atoms with E-state index >= 15 is 0 Å². The molecule has 1 atom stereocenters. The lowest BCUT2D eigenvalue weighted by Crippen LogP contribution is -2.24. The van der Waals surface area contributed by atoms with Crippen molar-refractivity contribution in [3.63, 3.8) is 0 Å². The number of carbonyl (C=O) groups excluding carboxylic acids is 1. The van der Waals surface area contributed by atoms with Crippen molar-refractivity contribution >= 4 is 34.2 Å². The fourth-order valence-corrected chi connectivity index (χ4v) is 2.02. The van der Waals surface area contributed by atoms with Crippen LogP contribution in [0.25, 0.3) is 0 Å². The Morgan fingerprint density at radius 1 is 1.40 bits per heavy atom. The molecule has 3 nitrogen and oxygen atoms in total. The van der Waals surface area contributed by atoms with Crippen molar-refractivity contribution < 1.29 is 4.79 Å². The minimum absolute atomic E-state index is 0.0442. The van der Waals surface area contributed by atoms with Crippen molar-refractivity contribution in [2.45, 2.75) is 6.42 Å². The van der Waals surface area contributed by atoms with Gasteiger partial charge in [-0.3, -0.25) is 4.79 Å². The predicted octanol–water partition coefficient (Wildman–Crippen LogP) is 2.17. The molecule has 76 valence electrons. The highest BCUT2D eigenvalue weighted by Gasteiger charge is 2.30. The monoisotopic (exact) mass is 312 g/mol. The molecule has 1 aliphatic heterocycles. The van der Waals surface area contributed by atoms with Crippen LogP contribution in [0.3, 0.4) is 0 Å². The van der Waals surface area contributed by atoms with Crippen molar-refractivity contribution in [1.29, 1.82) is 5.26 Å². The molecule has 2 rings (SSSR count). The van der Waals surface area contributed by atoms with E-state index in [4.69, 9.17) is 5.26 Å². The molecule has 1 aromatic carbocycles. The third kappa shape index (κ3) is 2.12. The number of nitriles is 1. The molecule has 0 spiro atoms. The fraction of sp³-hybridized carbons (Fsp3) is 0.273. The molecule has 1 amide bonds. The Kier molecular flexibility index (Phi) is 2.91. The first-order chi connectivity index (χ1) is 7.20. The average molecular weight is 312 g/mol. The average Bonchev–Trinajstić information content (AvgIpc) is 2.61. The molecular weight excluding hydrogens is 303 g/mol. The van der Waals surface area contributed by atoms with Gasteiger partial charge in [0.2, 0.25) is 5.91 Å². The van der Waals surface area contributed by atoms with E-state index in [9.17, 15) is 4.79 Å². The topological polar surface area (TPSA) is 44.1 Å². The molecule has 0 radical (unpaired) electrons. The van der Waals surface area contributed by atoms with Gasteiger partial charge in [-0.15, -0.1) is 0 Å². The molecule has 4 heteroatoms. The number of nitrogens with zero attached hydrogens (tertiary/aromatic N) is 2. The highest BCUT2D eigenvalue weighted by Crippen LogP contribution is 2.25. The molecule has 1 aliphatic rings. The molecule has 1 saturated heterocycles. The van der Waals surface area contributed by atoms with E-state index < -0.39 is 0 Å². The zero-order chi connectivity index (χ0) is 10.8. The summed E-state index contributed by atoms with van der Waals surface area (Å²) in [6.07, 6.45) is 0.350. The summed E-state index contributed by atoms with van der Waals surface area (Å²) in [6, 6.07) is 9.90. The van der Waals surface area contributed by atoms with Gasteiger partial charge in [-0.05, 0) is 46.9 Å².